The number of nitrogens with one attached hydrogen (secondary N) is 1. The predicted octanol–water partition coefficient (Wildman–Crippen LogP) is 0.793. The maximum absolute atomic E-state index is 10.8. The van der Waals surface area contributed by atoms with Gasteiger partial charge in [-0.1, -0.05) is 0 Å². The third kappa shape index (κ3) is 5.18. The summed E-state index contributed by atoms with van der Waals surface area (Å²) in [5, 5.41) is 9.55. The van der Waals surface area contributed by atoms with Crippen molar-refractivity contribution in [2.75, 3.05) is 19.5 Å². The van der Waals surface area contributed by atoms with E-state index < -0.39 is 16.2 Å². The molecule has 0 radical (unpaired) electrons. The minimum Gasteiger partial charge on any atom is -0.491 e. The molecule has 114 valence electrons. The van der Waals surface area contributed by atoms with Gasteiger partial charge in [0, 0.05) is 18.0 Å². The topological polar surface area (TPSA) is 102 Å². The van der Waals surface area contributed by atoms with Gasteiger partial charge in [0.1, 0.15) is 24.3 Å². The number of aromatic nitrogens is 2. The molecule has 0 unspecified atom stereocenters. The normalized spacial score (nSPS) is 13.0. The van der Waals surface area contributed by atoms with Gasteiger partial charge in [-0.2, -0.15) is 8.42 Å². The van der Waals surface area contributed by atoms with E-state index in [0.717, 1.165) is 17.6 Å². The van der Waals surface area contributed by atoms with Crippen LogP contribution in [0.5, 0.6) is 5.75 Å². The number of aliphatic hydroxyl groups is 1. The smallest absolute Gasteiger partial charge is 0.264 e. The first-order chi connectivity index (χ1) is 9.94. The first-order valence-electron chi connectivity index (χ1n) is 6.19. The fourth-order valence-corrected chi connectivity index (χ4v) is 1.98. The van der Waals surface area contributed by atoms with E-state index in [1.165, 1.54) is 0 Å². The molecular weight excluding hydrogens is 296 g/mol. The number of aliphatic hydroxyl groups excluding tert-OH is 1. The van der Waals surface area contributed by atoms with Gasteiger partial charge in [0.25, 0.3) is 10.1 Å². The number of ether oxygens (including phenoxy) is 1. The Labute approximate surface area is 122 Å². The van der Waals surface area contributed by atoms with E-state index in [-0.39, 0.29) is 13.2 Å². The van der Waals surface area contributed by atoms with Crippen LogP contribution in [0.2, 0.25) is 0 Å². The minimum absolute atomic E-state index is 0.0599. The Morgan fingerprint density at radius 3 is 2.57 bits per heavy atom. The van der Waals surface area contributed by atoms with Crippen molar-refractivity contribution >= 4 is 10.1 Å². The fraction of sp³-hybridized carbons (Fsp3) is 0.308. The summed E-state index contributed by atoms with van der Waals surface area (Å²) >= 11 is 0. The second-order valence-corrected chi connectivity index (χ2v) is 6.06. The second-order valence-electron chi connectivity index (χ2n) is 4.42. The van der Waals surface area contributed by atoms with Gasteiger partial charge >= 0.3 is 0 Å². The first kappa shape index (κ1) is 15.5. The molecule has 0 aliphatic heterocycles. The van der Waals surface area contributed by atoms with Crippen LogP contribution < -0.4 is 4.74 Å². The van der Waals surface area contributed by atoms with Gasteiger partial charge in [-0.15, -0.1) is 0 Å². The molecule has 7 nitrogen and oxygen atoms in total. The average molecular weight is 312 g/mol. The second kappa shape index (κ2) is 6.70. The molecule has 8 heteroatoms. The summed E-state index contributed by atoms with van der Waals surface area (Å²) < 4.78 is 31.4. The van der Waals surface area contributed by atoms with Gasteiger partial charge in [0.2, 0.25) is 0 Å². The molecule has 0 aliphatic rings. The van der Waals surface area contributed by atoms with Crippen molar-refractivity contribution in [3.05, 3.63) is 36.7 Å². The number of H-pyrrole nitrogens is 1. The molecule has 2 N–H and O–H groups in total. The number of aromatic amines is 1. The van der Waals surface area contributed by atoms with Crippen molar-refractivity contribution in [1.82, 2.24) is 9.97 Å². The van der Waals surface area contributed by atoms with Gasteiger partial charge in [-0.3, -0.25) is 4.18 Å². The molecule has 1 heterocycles. The van der Waals surface area contributed by atoms with E-state index in [9.17, 15) is 13.5 Å². The lowest BCUT2D eigenvalue weighted by Crippen LogP contribution is -2.24. The van der Waals surface area contributed by atoms with Gasteiger partial charge in [-0.25, -0.2) is 4.98 Å². The van der Waals surface area contributed by atoms with Crippen LogP contribution in [0.3, 0.4) is 0 Å². The lowest BCUT2D eigenvalue weighted by molar-refractivity contribution is 0.0652. The third-order valence-corrected chi connectivity index (χ3v) is 3.11. The summed E-state index contributed by atoms with van der Waals surface area (Å²) in [4.78, 5) is 7.12. The van der Waals surface area contributed by atoms with E-state index in [0.29, 0.717) is 5.75 Å². The Bertz CT molecular complexity index is 652. The minimum atomic E-state index is -3.56. The zero-order valence-electron chi connectivity index (χ0n) is 11.4. The predicted molar refractivity (Wildman–Crippen MR) is 76.3 cm³/mol. The fourth-order valence-electron chi connectivity index (χ4n) is 1.57. The summed E-state index contributed by atoms with van der Waals surface area (Å²) in [6, 6.07) is 7.13. The van der Waals surface area contributed by atoms with Crippen molar-refractivity contribution in [2.24, 2.45) is 0 Å². The summed E-state index contributed by atoms with van der Waals surface area (Å²) in [6.07, 6.45) is 3.30. The first-order valence-corrected chi connectivity index (χ1v) is 8.01. The van der Waals surface area contributed by atoms with E-state index in [2.05, 4.69) is 14.2 Å². The summed E-state index contributed by atoms with van der Waals surface area (Å²) in [6.45, 7) is -0.390. The monoisotopic (exact) mass is 312 g/mol. The Kier molecular flexibility index (Phi) is 4.94. The number of nitrogens with zero attached hydrogens (tertiary/aromatic N) is 1. The molecule has 0 bridgehead atoms. The number of hydrogen-bond donors (Lipinski definition) is 2. The van der Waals surface area contributed by atoms with Crippen molar-refractivity contribution in [3.63, 3.8) is 0 Å². The van der Waals surface area contributed by atoms with Gasteiger partial charge < -0.3 is 14.8 Å². The van der Waals surface area contributed by atoms with Crippen LogP contribution in [0.15, 0.2) is 36.7 Å². The number of rotatable bonds is 7. The van der Waals surface area contributed by atoms with Crippen LogP contribution in [0, 0.1) is 0 Å². The largest absolute Gasteiger partial charge is 0.491 e. The van der Waals surface area contributed by atoms with Crippen molar-refractivity contribution < 1.29 is 22.4 Å². The van der Waals surface area contributed by atoms with Crippen molar-refractivity contribution in [3.8, 4) is 17.1 Å². The molecule has 0 spiro atoms. The average Bonchev–Trinajstić information content (AvgIpc) is 2.97. The third-order valence-electron chi connectivity index (χ3n) is 2.54. The lowest BCUT2D eigenvalue weighted by Gasteiger charge is -2.12. The molecule has 21 heavy (non-hydrogen) atoms. The SMILES string of the molecule is CS(=O)(=O)OC[C@H](O)COc1ccc(-c2ncc[nH]2)cc1. The zero-order valence-corrected chi connectivity index (χ0v) is 12.2. The maximum atomic E-state index is 10.8. The van der Waals surface area contributed by atoms with Crippen LogP contribution in [-0.4, -0.2) is 49.1 Å². The Morgan fingerprint density at radius 1 is 1.29 bits per heavy atom. The van der Waals surface area contributed by atoms with E-state index in [4.69, 9.17) is 4.74 Å². The zero-order chi connectivity index (χ0) is 15.3. The van der Waals surface area contributed by atoms with Gasteiger partial charge in [0.15, 0.2) is 0 Å². The van der Waals surface area contributed by atoms with E-state index in [1.54, 1.807) is 24.5 Å². The molecular formula is C13H16N2O5S. The van der Waals surface area contributed by atoms with E-state index >= 15 is 0 Å². The maximum Gasteiger partial charge on any atom is 0.264 e. The van der Waals surface area contributed by atoms with Crippen LogP contribution in [0.4, 0.5) is 0 Å². The molecule has 1 atom stereocenters. The molecule has 1 aromatic heterocycles. The Morgan fingerprint density at radius 2 is 2.00 bits per heavy atom. The number of hydrogen-bond acceptors (Lipinski definition) is 6. The standard InChI is InChI=1S/C13H16N2O5S/c1-21(17,18)20-9-11(16)8-19-12-4-2-10(3-5-12)13-14-6-7-15-13/h2-7,11,16H,8-9H2,1H3,(H,14,15)/t11-/m1/s1. The molecule has 2 rings (SSSR count). The summed E-state index contributed by atoms with van der Waals surface area (Å²) in [7, 11) is -3.56. The van der Waals surface area contributed by atoms with Crippen LogP contribution in [0.25, 0.3) is 11.4 Å². The highest BCUT2D eigenvalue weighted by Crippen LogP contribution is 2.19. The Hall–Kier alpha value is -1.90. The van der Waals surface area contributed by atoms with Crippen LogP contribution in [0.1, 0.15) is 0 Å². The highest BCUT2D eigenvalue weighted by molar-refractivity contribution is 7.85. The van der Waals surface area contributed by atoms with Crippen LogP contribution >= 0.6 is 0 Å². The molecule has 0 aliphatic carbocycles. The highest BCUT2D eigenvalue weighted by Gasteiger charge is 2.10. The van der Waals surface area contributed by atoms with Crippen LogP contribution in [-0.2, 0) is 14.3 Å². The molecule has 0 fully saturated rings. The summed E-state index contributed by atoms with van der Waals surface area (Å²) in [5.41, 5.74) is 0.910. The molecule has 1 aromatic carbocycles. The van der Waals surface area contributed by atoms with Crippen molar-refractivity contribution in [1.29, 1.82) is 0 Å². The van der Waals surface area contributed by atoms with Gasteiger partial charge in [-0.05, 0) is 24.3 Å². The number of imidazole rings is 1. The lowest BCUT2D eigenvalue weighted by atomic mass is 10.2. The molecule has 2 aromatic rings. The Balaban J connectivity index is 1.84. The molecule has 0 amide bonds. The van der Waals surface area contributed by atoms with Crippen molar-refractivity contribution in [2.45, 2.75) is 6.10 Å². The molecule has 0 saturated carbocycles. The molecule has 0 saturated heterocycles. The number of benzene rings is 1. The summed E-state index contributed by atoms with van der Waals surface area (Å²) in [5.74, 6) is 1.31. The highest BCUT2D eigenvalue weighted by atomic mass is 32.2. The quantitative estimate of drug-likeness (QED) is 0.733. The van der Waals surface area contributed by atoms with Gasteiger partial charge in [0.05, 0.1) is 12.9 Å². The van der Waals surface area contributed by atoms with E-state index in [1.807, 2.05) is 12.1 Å².